The van der Waals surface area contributed by atoms with Gasteiger partial charge in [-0.25, -0.2) is 19.8 Å². The summed E-state index contributed by atoms with van der Waals surface area (Å²) >= 11 is 8.65. The number of aryl methyl sites for hydroxylation is 1. The normalized spacial score (nSPS) is 15.5. The third-order valence-corrected chi connectivity index (χ3v) is 7.64. The van der Waals surface area contributed by atoms with Gasteiger partial charge in [-0.1, -0.05) is 35.1 Å². The first-order valence-corrected chi connectivity index (χ1v) is 13.8. The fourth-order valence-corrected chi connectivity index (χ4v) is 5.89. The second kappa shape index (κ2) is 10.7. The largest absolute Gasteiger partial charge is 0.459 e. The van der Waals surface area contributed by atoms with Crippen molar-refractivity contribution in [2.45, 2.75) is 50.1 Å². The number of thiazole rings is 1. The number of nitrogens with zero attached hydrogens (tertiary/aromatic N) is 4. The van der Waals surface area contributed by atoms with Crippen LogP contribution in [0.3, 0.4) is 0 Å². The summed E-state index contributed by atoms with van der Waals surface area (Å²) in [5.41, 5.74) is 2.11. The number of ether oxygens (including phenoxy) is 1. The van der Waals surface area contributed by atoms with Crippen molar-refractivity contribution >= 4 is 46.7 Å². The molecule has 5 rings (SSSR count). The van der Waals surface area contributed by atoms with Crippen molar-refractivity contribution in [1.29, 1.82) is 0 Å². The van der Waals surface area contributed by atoms with Crippen LogP contribution in [0, 0.1) is 6.92 Å². The fraction of sp³-hybridized carbons (Fsp3) is 0.222. The number of furan rings is 1. The lowest BCUT2D eigenvalue weighted by Gasteiger charge is -2.25. The number of halogens is 1. The second-order valence-electron chi connectivity index (χ2n) is 8.83. The van der Waals surface area contributed by atoms with E-state index in [1.807, 2.05) is 13.0 Å². The molecule has 1 atom stereocenters. The molecule has 0 spiro atoms. The van der Waals surface area contributed by atoms with Gasteiger partial charge in [0.1, 0.15) is 5.76 Å². The van der Waals surface area contributed by atoms with Gasteiger partial charge >= 0.3 is 5.97 Å². The number of fused-ring (bicyclic) bond motifs is 1. The van der Waals surface area contributed by atoms with Gasteiger partial charge in [0, 0.05) is 23.0 Å². The average molecular weight is 567 g/mol. The highest BCUT2D eigenvalue weighted by Gasteiger charge is 2.33. The Hall–Kier alpha value is -3.47. The van der Waals surface area contributed by atoms with Crippen molar-refractivity contribution in [3.63, 3.8) is 0 Å². The minimum absolute atomic E-state index is 0.288. The third-order valence-electron chi connectivity index (χ3n) is 5.61. The molecule has 0 unspecified atom stereocenters. The molecular formula is C27H23ClN4O4S2. The van der Waals surface area contributed by atoms with Crippen LogP contribution in [0.25, 0.3) is 6.08 Å². The molecule has 38 heavy (non-hydrogen) atoms. The monoisotopic (exact) mass is 566 g/mol. The molecule has 0 fully saturated rings. The Bertz CT molecular complexity index is 1740. The molecule has 4 aromatic rings. The van der Waals surface area contributed by atoms with Crippen LogP contribution in [0.2, 0.25) is 5.02 Å². The number of rotatable bonds is 6. The van der Waals surface area contributed by atoms with Crippen molar-refractivity contribution in [2.75, 3.05) is 0 Å². The summed E-state index contributed by atoms with van der Waals surface area (Å²) in [5.74, 6) is -0.00911. The van der Waals surface area contributed by atoms with Crippen LogP contribution in [-0.2, 0) is 9.53 Å². The van der Waals surface area contributed by atoms with Crippen LogP contribution in [0.1, 0.15) is 43.8 Å². The highest BCUT2D eigenvalue weighted by Crippen LogP contribution is 2.32. The smallest absolute Gasteiger partial charge is 0.338 e. The van der Waals surface area contributed by atoms with Crippen LogP contribution in [-0.4, -0.2) is 26.6 Å². The summed E-state index contributed by atoms with van der Waals surface area (Å²) in [6.45, 7) is 7.20. The van der Waals surface area contributed by atoms with E-state index in [0.717, 1.165) is 11.3 Å². The van der Waals surface area contributed by atoms with Crippen molar-refractivity contribution in [2.24, 2.45) is 4.99 Å². The summed E-state index contributed by atoms with van der Waals surface area (Å²) in [4.78, 5) is 40.6. The molecule has 1 aromatic carbocycles. The van der Waals surface area contributed by atoms with Gasteiger partial charge in [-0.2, -0.15) is 0 Å². The van der Waals surface area contributed by atoms with Gasteiger partial charge in [0.05, 0.1) is 27.9 Å². The van der Waals surface area contributed by atoms with Crippen LogP contribution < -0.4 is 14.9 Å². The van der Waals surface area contributed by atoms with E-state index in [-0.39, 0.29) is 11.7 Å². The molecular weight excluding hydrogens is 544 g/mol. The van der Waals surface area contributed by atoms with E-state index in [2.05, 4.69) is 15.0 Å². The second-order valence-corrected chi connectivity index (χ2v) is 11.2. The van der Waals surface area contributed by atoms with Crippen molar-refractivity contribution in [3.8, 4) is 0 Å². The van der Waals surface area contributed by atoms with E-state index in [0.29, 0.717) is 41.6 Å². The number of hydrogen-bond acceptors (Lipinski definition) is 9. The maximum atomic E-state index is 13.7. The highest BCUT2D eigenvalue weighted by molar-refractivity contribution is 7.99. The molecule has 194 valence electrons. The summed E-state index contributed by atoms with van der Waals surface area (Å²) in [5, 5.41) is 1.73. The van der Waals surface area contributed by atoms with E-state index >= 15 is 0 Å². The molecule has 0 bridgehead atoms. The zero-order valence-corrected chi connectivity index (χ0v) is 23.4. The maximum absolute atomic E-state index is 13.7. The zero-order chi connectivity index (χ0) is 27.0. The third kappa shape index (κ3) is 5.38. The van der Waals surface area contributed by atoms with Gasteiger partial charge in [0.25, 0.3) is 5.56 Å². The predicted octanol–water partition coefficient (Wildman–Crippen LogP) is 4.68. The standard InChI is InChI=1S/C27H23ClN4O4S2/c1-14(2)35-25(34)22-16(4)31-27-32(23(22)17-5-7-18(28)8-6-17)24(33)20(37-27)13-19-9-10-21(36-19)38-26-29-12-11-15(3)30-26/h5-14,23H,1-4H3/b20-13+/t23-/m1/s1. The van der Waals surface area contributed by atoms with Gasteiger partial charge in [-0.15, -0.1) is 0 Å². The molecule has 0 aliphatic carbocycles. The zero-order valence-electron chi connectivity index (χ0n) is 21.0. The van der Waals surface area contributed by atoms with Gasteiger partial charge in [-0.05, 0) is 75.4 Å². The Morgan fingerprint density at radius 1 is 1.18 bits per heavy atom. The first kappa shape index (κ1) is 26.1. The SMILES string of the molecule is CC1=C(C(=O)OC(C)C)[C@@H](c2ccc(Cl)cc2)n2c(s/c(=C/c3ccc(Sc4nccc(C)n4)o3)c2=O)=N1. The number of esters is 1. The van der Waals surface area contributed by atoms with Crippen molar-refractivity contribution in [3.05, 3.63) is 102 Å². The number of carbonyl (C=O) groups is 1. The molecule has 0 saturated heterocycles. The quantitative estimate of drug-likeness (QED) is 0.247. The molecule has 8 nitrogen and oxygen atoms in total. The fourth-order valence-electron chi connectivity index (χ4n) is 3.98. The van der Waals surface area contributed by atoms with Crippen LogP contribution in [0.4, 0.5) is 0 Å². The van der Waals surface area contributed by atoms with Gasteiger partial charge in [-0.3, -0.25) is 9.36 Å². The molecule has 1 aliphatic rings. The maximum Gasteiger partial charge on any atom is 0.338 e. The van der Waals surface area contributed by atoms with Crippen LogP contribution in [0.15, 0.2) is 84.4 Å². The topological polar surface area (TPSA) is 99.6 Å². The average Bonchev–Trinajstić information content (AvgIpc) is 3.42. The lowest BCUT2D eigenvalue weighted by molar-refractivity contribution is -0.143. The number of hydrogen-bond donors (Lipinski definition) is 0. The number of carbonyl (C=O) groups excluding carboxylic acids is 1. The summed E-state index contributed by atoms with van der Waals surface area (Å²) in [7, 11) is 0. The lowest BCUT2D eigenvalue weighted by Crippen LogP contribution is -2.40. The minimum atomic E-state index is -0.710. The van der Waals surface area contributed by atoms with E-state index in [1.54, 1.807) is 69.4 Å². The molecule has 0 amide bonds. The van der Waals surface area contributed by atoms with E-state index in [9.17, 15) is 9.59 Å². The van der Waals surface area contributed by atoms with E-state index in [4.69, 9.17) is 20.8 Å². The summed E-state index contributed by atoms with van der Waals surface area (Å²) < 4.78 is 13.4. The molecule has 3 aromatic heterocycles. The molecule has 11 heteroatoms. The minimum Gasteiger partial charge on any atom is -0.459 e. The van der Waals surface area contributed by atoms with Crippen LogP contribution in [0.5, 0.6) is 0 Å². The number of benzene rings is 1. The summed E-state index contributed by atoms with van der Waals surface area (Å²) in [6, 6.07) is 11.8. The molecule has 0 saturated carbocycles. The van der Waals surface area contributed by atoms with Gasteiger partial charge in [0.2, 0.25) is 0 Å². The predicted molar refractivity (Wildman–Crippen MR) is 146 cm³/mol. The lowest BCUT2D eigenvalue weighted by atomic mass is 9.96. The van der Waals surface area contributed by atoms with E-state index in [1.165, 1.54) is 27.7 Å². The number of aromatic nitrogens is 3. The number of allylic oxidation sites excluding steroid dienone is 1. The van der Waals surface area contributed by atoms with Gasteiger partial charge in [0.15, 0.2) is 15.1 Å². The van der Waals surface area contributed by atoms with E-state index < -0.39 is 12.0 Å². The molecule has 4 heterocycles. The Balaban J connectivity index is 1.57. The Morgan fingerprint density at radius 3 is 2.66 bits per heavy atom. The Morgan fingerprint density at radius 2 is 1.95 bits per heavy atom. The molecule has 0 radical (unpaired) electrons. The molecule has 1 aliphatic heterocycles. The Labute approximate surface area is 231 Å². The van der Waals surface area contributed by atoms with Crippen LogP contribution >= 0.6 is 34.7 Å². The Kier molecular flexibility index (Phi) is 7.38. The van der Waals surface area contributed by atoms with Crippen molar-refractivity contribution < 1.29 is 13.9 Å². The first-order valence-electron chi connectivity index (χ1n) is 11.8. The van der Waals surface area contributed by atoms with Gasteiger partial charge < -0.3 is 9.15 Å². The highest BCUT2D eigenvalue weighted by atomic mass is 35.5. The van der Waals surface area contributed by atoms with Crippen molar-refractivity contribution in [1.82, 2.24) is 14.5 Å². The first-order chi connectivity index (χ1) is 18.2. The molecule has 0 N–H and O–H groups in total. The summed E-state index contributed by atoms with van der Waals surface area (Å²) in [6.07, 6.45) is 3.05.